The average Bonchev–Trinajstić information content (AvgIpc) is 3.09. The van der Waals surface area contributed by atoms with Crippen LogP contribution in [0.1, 0.15) is 44.0 Å². The second kappa shape index (κ2) is 9.48. The van der Waals surface area contributed by atoms with Gasteiger partial charge in [0, 0.05) is 25.2 Å². The van der Waals surface area contributed by atoms with Gasteiger partial charge in [0.2, 0.25) is 10.0 Å². The molecule has 2 unspecified atom stereocenters. The van der Waals surface area contributed by atoms with Gasteiger partial charge in [-0.25, -0.2) is 12.8 Å². The Morgan fingerprint density at radius 2 is 1.79 bits per heavy atom. The number of aromatic nitrogens is 1. The topological polar surface area (TPSA) is 71.7 Å². The second-order valence-electron chi connectivity index (χ2n) is 8.86. The first kappa shape index (κ1) is 23.8. The number of aryl methyl sites for hydroxylation is 1. The van der Waals surface area contributed by atoms with Gasteiger partial charge in [-0.1, -0.05) is 32.1 Å². The fourth-order valence-electron chi connectivity index (χ4n) is 4.44. The van der Waals surface area contributed by atoms with Crippen molar-refractivity contribution in [1.29, 1.82) is 0 Å². The SMILES string of the molecule is CCCn1c(=NC(=O)c2ccc(S(=O)(=O)N3CC(C)CC(C)C3)cc2)sc2cc(F)ccc21. The summed E-state index contributed by atoms with van der Waals surface area (Å²) in [6.45, 7) is 7.82. The first-order valence-corrected chi connectivity index (χ1v) is 13.4. The van der Waals surface area contributed by atoms with Gasteiger partial charge in [-0.05, 0) is 67.1 Å². The highest BCUT2D eigenvalue weighted by Gasteiger charge is 2.31. The number of hydrogen-bond donors (Lipinski definition) is 0. The molecule has 0 N–H and O–H groups in total. The molecule has 33 heavy (non-hydrogen) atoms. The van der Waals surface area contributed by atoms with Crippen LogP contribution in [0.2, 0.25) is 0 Å². The maximum atomic E-state index is 13.6. The molecule has 2 aromatic carbocycles. The molecule has 0 aliphatic carbocycles. The summed E-state index contributed by atoms with van der Waals surface area (Å²) in [4.78, 5) is 17.8. The van der Waals surface area contributed by atoms with Gasteiger partial charge in [-0.15, -0.1) is 0 Å². The number of rotatable bonds is 5. The van der Waals surface area contributed by atoms with Crippen molar-refractivity contribution in [2.45, 2.75) is 45.1 Å². The third kappa shape index (κ3) is 4.95. The standard InChI is InChI=1S/C24H28FN3O3S2/c1-4-11-28-21-10-7-19(25)13-22(21)32-24(28)26-23(29)18-5-8-20(9-6-18)33(30,31)27-14-16(2)12-17(3)15-27/h5-10,13,16-17H,4,11-12,14-15H2,1-3H3. The molecule has 4 rings (SSSR count). The number of benzene rings is 2. The molecule has 1 amide bonds. The Bertz CT molecular complexity index is 1330. The van der Waals surface area contributed by atoms with Crippen molar-refractivity contribution in [3.05, 3.63) is 58.6 Å². The Kier molecular flexibility index (Phi) is 6.83. The second-order valence-corrected chi connectivity index (χ2v) is 11.8. The molecular formula is C24H28FN3O3S2. The average molecular weight is 490 g/mol. The van der Waals surface area contributed by atoms with Crippen LogP contribution in [0.15, 0.2) is 52.4 Å². The van der Waals surface area contributed by atoms with Crippen molar-refractivity contribution in [2.75, 3.05) is 13.1 Å². The third-order valence-electron chi connectivity index (χ3n) is 5.86. The predicted molar refractivity (Wildman–Crippen MR) is 128 cm³/mol. The Morgan fingerprint density at radius 1 is 1.12 bits per heavy atom. The van der Waals surface area contributed by atoms with Gasteiger partial charge < -0.3 is 4.57 Å². The fraction of sp³-hybridized carbons (Fsp3) is 0.417. The van der Waals surface area contributed by atoms with Crippen molar-refractivity contribution in [3.8, 4) is 0 Å². The number of thiazole rings is 1. The molecule has 6 nitrogen and oxygen atoms in total. The molecule has 1 fully saturated rings. The summed E-state index contributed by atoms with van der Waals surface area (Å²) in [6, 6.07) is 10.5. The number of amides is 1. The van der Waals surface area contributed by atoms with Crippen LogP contribution in [0.25, 0.3) is 10.2 Å². The van der Waals surface area contributed by atoms with Gasteiger partial charge in [0.15, 0.2) is 4.80 Å². The van der Waals surface area contributed by atoms with Crippen LogP contribution < -0.4 is 4.80 Å². The van der Waals surface area contributed by atoms with Crippen LogP contribution in [0.4, 0.5) is 4.39 Å². The van der Waals surface area contributed by atoms with E-state index in [1.807, 2.05) is 11.5 Å². The minimum Gasteiger partial charge on any atom is -0.316 e. The lowest BCUT2D eigenvalue weighted by Gasteiger charge is -2.34. The van der Waals surface area contributed by atoms with E-state index in [1.54, 1.807) is 6.07 Å². The summed E-state index contributed by atoms with van der Waals surface area (Å²) in [5.41, 5.74) is 1.14. The van der Waals surface area contributed by atoms with Crippen LogP contribution >= 0.6 is 11.3 Å². The number of nitrogens with zero attached hydrogens (tertiary/aromatic N) is 3. The first-order valence-electron chi connectivity index (χ1n) is 11.2. The van der Waals surface area contributed by atoms with Crippen LogP contribution in [-0.4, -0.2) is 36.3 Å². The van der Waals surface area contributed by atoms with Gasteiger partial charge in [-0.2, -0.15) is 9.30 Å². The number of halogens is 1. The third-order valence-corrected chi connectivity index (χ3v) is 8.75. The van der Waals surface area contributed by atoms with Gasteiger partial charge in [0.05, 0.1) is 15.1 Å². The van der Waals surface area contributed by atoms with E-state index in [9.17, 15) is 17.6 Å². The van der Waals surface area contributed by atoms with E-state index in [4.69, 9.17) is 0 Å². The maximum absolute atomic E-state index is 13.6. The Labute approximate surface area is 197 Å². The molecule has 0 spiro atoms. The zero-order chi connectivity index (χ0) is 23.8. The van der Waals surface area contributed by atoms with E-state index in [2.05, 4.69) is 18.8 Å². The molecule has 2 heterocycles. The molecule has 9 heteroatoms. The van der Waals surface area contributed by atoms with Crippen LogP contribution in [0, 0.1) is 17.7 Å². The normalized spacial score (nSPS) is 20.4. The summed E-state index contributed by atoms with van der Waals surface area (Å²) in [6.07, 6.45) is 1.86. The van der Waals surface area contributed by atoms with Crippen LogP contribution in [0.3, 0.4) is 0 Å². The molecule has 0 radical (unpaired) electrons. The number of piperidine rings is 1. The maximum Gasteiger partial charge on any atom is 0.279 e. The first-order chi connectivity index (χ1) is 15.7. The smallest absolute Gasteiger partial charge is 0.279 e. The zero-order valence-corrected chi connectivity index (χ0v) is 20.6. The summed E-state index contributed by atoms with van der Waals surface area (Å²) < 4.78 is 44.0. The van der Waals surface area contributed by atoms with Crippen molar-refractivity contribution in [3.63, 3.8) is 0 Å². The van der Waals surface area contributed by atoms with E-state index in [1.165, 1.54) is 52.0 Å². The van der Waals surface area contributed by atoms with Crippen LogP contribution in [0.5, 0.6) is 0 Å². The molecule has 0 saturated carbocycles. The predicted octanol–water partition coefficient (Wildman–Crippen LogP) is 4.66. The zero-order valence-electron chi connectivity index (χ0n) is 19.0. The van der Waals surface area contributed by atoms with Gasteiger partial charge in [-0.3, -0.25) is 4.79 Å². The molecule has 3 aromatic rings. The molecule has 1 aromatic heterocycles. The highest BCUT2D eigenvalue weighted by atomic mass is 32.2. The lowest BCUT2D eigenvalue weighted by Crippen LogP contribution is -2.42. The summed E-state index contributed by atoms with van der Waals surface area (Å²) >= 11 is 1.26. The molecule has 1 saturated heterocycles. The molecule has 0 bridgehead atoms. The van der Waals surface area contributed by atoms with E-state index in [0.29, 0.717) is 41.8 Å². The number of fused-ring (bicyclic) bond motifs is 1. The lowest BCUT2D eigenvalue weighted by atomic mass is 9.94. The highest BCUT2D eigenvalue weighted by Crippen LogP contribution is 2.27. The van der Waals surface area contributed by atoms with Crippen molar-refractivity contribution < 1.29 is 17.6 Å². The molecule has 2 atom stereocenters. The Balaban J connectivity index is 1.63. The molecule has 1 aliphatic rings. The summed E-state index contributed by atoms with van der Waals surface area (Å²) in [5.74, 6) is -0.170. The Morgan fingerprint density at radius 3 is 2.42 bits per heavy atom. The number of carbonyl (C=O) groups excluding carboxylic acids is 1. The summed E-state index contributed by atoms with van der Waals surface area (Å²) in [7, 11) is -3.61. The minimum absolute atomic E-state index is 0.179. The Hall–Kier alpha value is -2.36. The van der Waals surface area contributed by atoms with E-state index >= 15 is 0 Å². The minimum atomic E-state index is -3.61. The van der Waals surface area contributed by atoms with Gasteiger partial charge >= 0.3 is 0 Å². The van der Waals surface area contributed by atoms with Crippen LogP contribution in [-0.2, 0) is 16.6 Å². The van der Waals surface area contributed by atoms with E-state index in [0.717, 1.165) is 23.1 Å². The molecule has 1 aliphatic heterocycles. The summed E-state index contributed by atoms with van der Waals surface area (Å²) in [5, 5.41) is 0. The fourth-order valence-corrected chi connectivity index (χ4v) is 7.20. The molecular weight excluding hydrogens is 461 g/mol. The van der Waals surface area contributed by atoms with Gasteiger partial charge in [0.1, 0.15) is 5.82 Å². The van der Waals surface area contributed by atoms with E-state index in [-0.39, 0.29) is 10.7 Å². The number of sulfonamides is 1. The molecule has 176 valence electrons. The van der Waals surface area contributed by atoms with Crippen molar-refractivity contribution in [1.82, 2.24) is 8.87 Å². The van der Waals surface area contributed by atoms with Gasteiger partial charge in [0.25, 0.3) is 5.91 Å². The van der Waals surface area contributed by atoms with Crippen molar-refractivity contribution in [2.24, 2.45) is 16.8 Å². The monoisotopic (exact) mass is 489 g/mol. The lowest BCUT2D eigenvalue weighted by molar-refractivity contribution is 0.0997. The quantitative estimate of drug-likeness (QED) is 0.523. The number of carbonyl (C=O) groups is 1. The van der Waals surface area contributed by atoms with Crippen molar-refractivity contribution >= 4 is 37.5 Å². The van der Waals surface area contributed by atoms with E-state index < -0.39 is 15.9 Å². The number of hydrogen-bond acceptors (Lipinski definition) is 4. The highest BCUT2D eigenvalue weighted by molar-refractivity contribution is 7.89. The largest absolute Gasteiger partial charge is 0.316 e.